The molecule has 0 aliphatic heterocycles. The predicted molar refractivity (Wildman–Crippen MR) is 79.1 cm³/mol. The molecule has 22 heavy (non-hydrogen) atoms. The molecule has 0 heterocycles. The maximum absolute atomic E-state index is 11.4. The van der Waals surface area contributed by atoms with Crippen LogP contribution in [0.15, 0.2) is 12.2 Å². The first-order valence-electron chi connectivity index (χ1n) is 6.92. The van der Waals surface area contributed by atoms with Gasteiger partial charge in [0.2, 0.25) is 0 Å². The number of hydrogen-bond donors (Lipinski definition) is 0. The molecule has 0 saturated heterocycles. The number of carbonyl (C=O) groups is 2. The van der Waals surface area contributed by atoms with Gasteiger partial charge in [0.1, 0.15) is 25.4 Å². The van der Waals surface area contributed by atoms with Crippen LogP contribution in [-0.2, 0) is 28.8 Å². The van der Waals surface area contributed by atoms with Gasteiger partial charge >= 0.3 is 12.1 Å². The SMILES string of the molecule is C=C(C)C(=O)OCCOC(=O)OCC(C)(C)OOC(C)(C)C. The molecule has 0 radical (unpaired) electrons. The highest BCUT2D eigenvalue weighted by Gasteiger charge is 2.26. The summed E-state index contributed by atoms with van der Waals surface area (Å²) >= 11 is 0. The van der Waals surface area contributed by atoms with Crippen molar-refractivity contribution in [1.29, 1.82) is 0 Å². The Morgan fingerprint density at radius 2 is 1.45 bits per heavy atom. The van der Waals surface area contributed by atoms with Crippen LogP contribution in [0.3, 0.4) is 0 Å². The molecular weight excluding hydrogens is 292 g/mol. The van der Waals surface area contributed by atoms with Crippen molar-refractivity contribution in [3.05, 3.63) is 12.2 Å². The highest BCUT2D eigenvalue weighted by molar-refractivity contribution is 5.86. The maximum atomic E-state index is 11.4. The van der Waals surface area contributed by atoms with Crippen LogP contribution in [-0.4, -0.2) is 43.1 Å². The number of esters is 1. The first-order valence-corrected chi connectivity index (χ1v) is 6.92. The van der Waals surface area contributed by atoms with E-state index in [2.05, 4.69) is 6.58 Å². The fourth-order valence-electron chi connectivity index (χ4n) is 0.919. The van der Waals surface area contributed by atoms with Crippen LogP contribution >= 0.6 is 0 Å². The summed E-state index contributed by atoms with van der Waals surface area (Å²) in [5, 5.41) is 0. The Bertz CT molecular complexity index is 393. The molecule has 128 valence electrons. The van der Waals surface area contributed by atoms with Gasteiger partial charge in [0.15, 0.2) is 0 Å². The fourth-order valence-corrected chi connectivity index (χ4v) is 0.919. The van der Waals surface area contributed by atoms with Gasteiger partial charge in [-0.25, -0.2) is 19.4 Å². The normalized spacial score (nSPS) is 11.7. The average Bonchev–Trinajstić information content (AvgIpc) is 2.38. The molecule has 0 rings (SSSR count). The van der Waals surface area contributed by atoms with Crippen molar-refractivity contribution in [2.75, 3.05) is 19.8 Å². The molecular formula is C15H26O7. The first-order chi connectivity index (χ1) is 9.93. The molecule has 0 fully saturated rings. The number of carbonyl (C=O) groups excluding carboxylic acids is 2. The summed E-state index contributed by atoms with van der Waals surface area (Å²) in [5.74, 6) is -0.536. The second kappa shape index (κ2) is 8.75. The third-order valence-corrected chi connectivity index (χ3v) is 1.94. The van der Waals surface area contributed by atoms with Crippen LogP contribution in [0.2, 0.25) is 0 Å². The van der Waals surface area contributed by atoms with Gasteiger partial charge in [-0.05, 0) is 41.5 Å². The highest BCUT2D eigenvalue weighted by atomic mass is 17.2. The van der Waals surface area contributed by atoms with Crippen molar-refractivity contribution in [2.45, 2.75) is 52.7 Å². The summed E-state index contributed by atoms with van der Waals surface area (Å²) in [6.07, 6.45) is -0.876. The Morgan fingerprint density at radius 1 is 0.909 bits per heavy atom. The van der Waals surface area contributed by atoms with E-state index in [1.54, 1.807) is 13.8 Å². The van der Waals surface area contributed by atoms with E-state index in [0.29, 0.717) is 0 Å². The van der Waals surface area contributed by atoms with E-state index in [4.69, 9.17) is 24.0 Å². The summed E-state index contributed by atoms with van der Waals surface area (Å²) in [6, 6.07) is 0. The standard InChI is InChI=1S/C15H26O7/c1-11(2)12(16)18-8-9-19-13(17)20-10-15(6,7)22-21-14(3,4)5/h1,8-10H2,2-7H3. The van der Waals surface area contributed by atoms with Crippen LogP contribution < -0.4 is 0 Å². The molecule has 0 aromatic carbocycles. The van der Waals surface area contributed by atoms with Gasteiger partial charge in [-0.3, -0.25) is 0 Å². The molecule has 0 aromatic rings. The Morgan fingerprint density at radius 3 is 1.95 bits per heavy atom. The van der Waals surface area contributed by atoms with Crippen LogP contribution in [0, 0.1) is 0 Å². The Balaban J connectivity index is 3.88. The average molecular weight is 318 g/mol. The number of rotatable bonds is 8. The molecule has 0 aliphatic carbocycles. The van der Waals surface area contributed by atoms with E-state index < -0.39 is 23.3 Å². The molecule has 7 nitrogen and oxygen atoms in total. The molecule has 0 amide bonds. The Labute approximate surface area is 131 Å². The van der Waals surface area contributed by atoms with Gasteiger partial charge in [-0.1, -0.05) is 6.58 Å². The lowest BCUT2D eigenvalue weighted by Gasteiger charge is -2.27. The topological polar surface area (TPSA) is 80.3 Å². The second-order valence-electron chi connectivity index (χ2n) is 6.34. The molecule has 0 aromatic heterocycles. The fraction of sp³-hybridized carbons (Fsp3) is 0.733. The van der Waals surface area contributed by atoms with Crippen LogP contribution in [0.4, 0.5) is 4.79 Å². The second-order valence-corrected chi connectivity index (χ2v) is 6.34. The monoisotopic (exact) mass is 318 g/mol. The molecule has 0 N–H and O–H groups in total. The maximum Gasteiger partial charge on any atom is 0.508 e. The van der Waals surface area contributed by atoms with Crippen molar-refractivity contribution in [3.63, 3.8) is 0 Å². The van der Waals surface area contributed by atoms with Crippen molar-refractivity contribution < 1.29 is 33.6 Å². The van der Waals surface area contributed by atoms with E-state index in [-0.39, 0.29) is 25.4 Å². The van der Waals surface area contributed by atoms with Gasteiger partial charge in [-0.2, -0.15) is 0 Å². The summed E-state index contributed by atoms with van der Waals surface area (Å²) in [6.45, 7) is 13.7. The molecule has 0 aliphatic rings. The van der Waals surface area contributed by atoms with E-state index in [9.17, 15) is 9.59 Å². The van der Waals surface area contributed by atoms with Crippen LogP contribution in [0.25, 0.3) is 0 Å². The molecule has 0 atom stereocenters. The number of ether oxygens (including phenoxy) is 3. The molecule has 0 spiro atoms. The smallest absolute Gasteiger partial charge is 0.459 e. The van der Waals surface area contributed by atoms with Crippen molar-refractivity contribution in [1.82, 2.24) is 0 Å². The highest BCUT2D eigenvalue weighted by Crippen LogP contribution is 2.16. The quantitative estimate of drug-likeness (QED) is 0.224. The Hall–Kier alpha value is -1.60. The third kappa shape index (κ3) is 11.1. The van der Waals surface area contributed by atoms with Crippen molar-refractivity contribution in [2.24, 2.45) is 0 Å². The van der Waals surface area contributed by atoms with Gasteiger partial charge in [0.25, 0.3) is 0 Å². The molecule has 0 saturated carbocycles. The van der Waals surface area contributed by atoms with Crippen LogP contribution in [0.5, 0.6) is 0 Å². The summed E-state index contributed by atoms with van der Waals surface area (Å²) in [4.78, 5) is 32.8. The largest absolute Gasteiger partial charge is 0.508 e. The van der Waals surface area contributed by atoms with E-state index in [0.717, 1.165) is 0 Å². The zero-order chi connectivity index (χ0) is 17.4. The minimum atomic E-state index is -0.876. The lowest BCUT2D eigenvalue weighted by molar-refractivity contribution is -0.400. The van der Waals surface area contributed by atoms with Gasteiger partial charge < -0.3 is 14.2 Å². The lowest BCUT2D eigenvalue weighted by Crippen LogP contribution is -2.35. The number of hydrogen-bond acceptors (Lipinski definition) is 7. The molecule has 0 unspecified atom stereocenters. The van der Waals surface area contributed by atoms with Gasteiger partial charge in [0.05, 0.1) is 5.60 Å². The van der Waals surface area contributed by atoms with E-state index >= 15 is 0 Å². The third-order valence-electron chi connectivity index (χ3n) is 1.94. The summed E-state index contributed by atoms with van der Waals surface area (Å²) in [7, 11) is 0. The first kappa shape index (κ1) is 20.4. The van der Waals surface area contributed by atoms with E-state index in [1.807, 2.05) is 20.8 Å². The molecule has 7 heteroatoms. The van der Waals surface area contributed by atoms with Crippen molar-refractivity contribution >= 4 is 12.1 Å². The Kier molecular flexibility index (Phi) is 8.11. The molecule has 0 bridgehead atoms. The lowest BCUT2D eigenvalue weighted by atomic mass is 10.2. The van der Waals surface area contributed by atoms with Crippen molar-refractivity contribution in [3.8, 4) is 0 Å². The minimum absolute atomic E-state index is 0.0481. The predicted octanol–water partition coefficient (Wildman–Crippen LogP) is 2.78. The minimum Gasteiger partial charge on any atom is -0.459 e. The zero-order valence-corrected chi connectivity index (χ0v) is 14.2. The van der Waals surface area contributed by atoms with Crippen LogP contribution in [0.1, 0.15) is 41.5 Å². The van der Waals surface area contributed by atoms with Gasteiger partial charge in [-0.15, -0.1) is 0 Å². The summed E-state index contributed by atoms with van der Waals surface area (Å²) in [5.41, 5.74) is -1.01. The van der Waals surface area contributed by atoms with Gasteiger partial charge in [0, 0.05) is 5.57 Å². The van der Waals surface area contributed by atoms with E-state index in [1.165, 1.54) is 6.92 Å². The summed E-state index contributed by atoms with van der Waals surface area (Å²) < 4.78 is 14.4. The zero-order valence-electron chi connectivity index (χ0n) is 14.2.